The molecule has 0 saturated carbocycles. The lowest BCUT2D eigenvalue weighted by molar-refractivity contribution is 0.0948. The smallest absolute Gasteiger partial charge is 0.271 e. The quantitative estimate of drug-likeness (QED) is 0.792. The number of nitrogens with one attached hydrogen (secondary N) is 1. The molecule has 0 aliphatic rings. The topological polar surface area (TPSA) is 67.8 Å². The van der Waals surface area contributed by atoms with Gasteiger partial charge in [0, 0.05) is 36.4 Å². The van der Waals surface area contributed by atoms with E-state index in [9.17, 15) is 4.79 Å². The summed E-state index contributed by atoms with van der Waals surface area (Å²) in [7, 11) is 0. The summed E-state index contributed by atoms with van der Waals surface area (Å²) in [6.45, 7) is 0.515. The SMILES string of the molecule is O=C(NCCc1ccc2ccccc2n1)c1cnccn1. The van der Waals surface area contributed by atoms with E-state index in [2.05, 4.69) is 20.3 Å². The summed E-state index contributed by atoms with van der Waals surface area (Å²) in [6.07, 6.45) is 5.16. The third-order valence-corrected chi connectivity index (χ3v) is 3.12. The number of amides is 1. The zero-order chi connectivity index (χ0) is 14.5. The van der Waals surface area contributed by atoms with E-state index in [0.717, 1.165) is 16.6 Å². The molecule has 0 fully saturated rings. The van der Waals surface area contributed by atoms with Crippen LogP contribution in [0.4, 0.5) is 0 Å². The van der Waals surface area contributed by atoms with E-state index in [4.69, 9.17) is 0 Å². The van der Waals surface area contributed by atoms with Crippen LogP contribution in [0.2, 0.25) is 0 Å². The van der Waals surface area contributed by atoms with Crippen molar-refractivity contribution in [3.63, 3.8) is 0 Å². The Morgan fingerprint density at radius 1 is 1.10 bits per heavy atom. The molecule has 2 aromatic heterocycles. The van der Waals surface area contributed by atoms with Gasteiger partial charge in [0.2, 0.25) is 0 Å². The number of rotatable bonds is 4. The molecular weight excluding hydrogens is 264 g/mol. The summed E-state index contributed by atoms with van der Waals surface area (Å²) in [6, 6.07) is 12.0. The number of pyridine rings is 1. The van der Waals surface area contributed by atoms with Crippen LogP contribution in [0.15, 0.2) is 55.0 Å². The molecule has 0 unspecified atom stereocenters. The zero-order valence-corrected chi connectivity index (χ0v) is 11.4. The summed E-state index contributed by atoms with van der Waals surface area (Å²) in [4.78, 5) is 24.2. The van der Waals surface area contributed by atoms with Crippen LogP contribution in [0.1, 0.15) is 16.2 Å². The summed E-state index contributed by atoms with van der Waals surface area (Å²) < 4.78 is 0. The first-order valence-corrected chi connectivity index (χ1v) is 6.72. The molecule has 21 heavy (non-hydrogen) atoms. The molecule has 0 bridgehead atoms. The third-order valence-electron chi connectivity index (χ3n) is 3.12. The molecule has 5 nitrogen and oxygen atoms in total. The standard InChI is InChI=1S/C16H14N4O/c21-16(15-11-17-9-10-18-15)19-8-7-13-6-5-12-3-1-2-4-14(12)20-13/h1-6,9-11H,7-8H2,(H,19,21). The van der Waals surface area contributed by atoms with Gasteiger partial charge >= 0.3 is 0 Å². The van der Waals surface area contributed by atoms with Crippen molar-refractivity contribution in [2.45, 2.75) is 6.42 Å². The van der Waals surface area contributed by atoms with Crippen molar-refractivity contribution in [3.05, 3.63) is 66.4 Å². The highest BCUT2D eigenvalue weighted by Gasteiger charge is 2.06. The van der Waals surface area contributed by atoms with Gasteiger partial charge in [-0.25, -0.2) is 4.98 Å². The Labute approximate surface area is 122 Å². The number of hydrogen-bond acceptors (Lipinski definition) is 4. The molecule has 5 heteroatoms. The number of carbonyl (C=O) groups is 1. The molecule has 0 aliphatic carbocycles. The molecule has 2 heterocycles. The van der Waals surface area contributed by atoms with Crippen molar-refractivity contribution in [2.24, 2.45) is 0 Å². The zero-order valence-electron chi connectivity index (χ0n) is 11.4. The average Bonchev–Trinajstić information content (AvgIpc) is 2.55. The minimum atomic E-state index is -0.219. The van der Waals surface area contributed by atoms with Gasteiger partial charge in [0.15, 0.2) is 0 Å². The lowest BCUT2D eigenvalue weighted by Crippen LogP contribution is -2.26. The number of fused-ring (bicyclic) bond motifs is 1. The Hall–Kier alpha value is -2.82. The monoisotopic (exact) mass is 278 g/mol. The van der Waals surface area contributed by atoms with Crippen molar-refractivity contribution in [1.82, 2.24) is 20.3 Å². The molecule has 1 N–H and O–H groups in total. The second kappa shape index (κ2) is 6.09. The molecule has 0 atom stereocenters. The molecule has 104 valence electrons. The lowest BCUT2D eigenvalue weighted by atomic mass is 10.2. The summed E-state index contributed by atoms with van der Waals surface area (Å²) in [5.74, 6) is -0.219. The van der Waals surface area contributed by atoms with Crippen LogP contribution in [0, 0.1) is 0 Å². The van der Waals surface area contributed by atoms with E-state index >= 15 is 0 Å². The molecule has 0 saturated heterocycles. The van der Waals surface area contributed by atoms with Crippen LogP contribution in [-0.4, -0.2) is 27.4 Å². The maximum absolute atomic E-state index is 11.8. The van der Waals surface area contributed by atoms with Gasteiger partial charge in [0.25, 0.3) is 5.91 Å². The number of nitrogens with zero attached hydrogens (tertiary/aromatic N) is 3. The van der Waals surface area contributed by atoms with Gasteiger partial charge in [-0.1, -0.05) is 24.3 Å². The Balaban J connectivity index is 1.60. The van der Waals surface area contributed by atoms with Crippen molar-refractivity contribution >= 4 is 16.8 Å². The van der Waals surface area contributed by atoms with Crippen LogP contribution < -0.4 is 5.32 Å². The fourth-order valence-corrected chi connectivity index (χ4v) is 2.06. The highest BCUT2D eigenvalue weighted by atomic mass is 16.1. The largest absolute Gasteiger partial charge is 0.350 e. The first-order chi connectivity index (χ1) is 10.3. The number of para-hydroxylation sites is 1. The second-order valence-electron chi connectivity index (χ2n) is 4.59. The van der Waals surface area contributed by atoms with Crippen molar-refractivity contribution in [3.8, 4) is 0 Å². The predicted octanol–water partition coefficient (Wildman–Crippen LogP) is 2.00. The van der Waals surface area contributed by atoms with Gasteiger partial charge in [-0.3, -0.25) is 14.8 Å². The van der Waals surface area contributed by atoms with Crippen LogP contribution in [0.3, 0.4) is 0 Å². The van der Waals surface area contributed by atoms with Crippen LogP contribution in [-0.2, 0) is 6.42 Å². The van der Waals surface area contributed by atoms with Gasteiger partial charge in [-0.05, 0) is 12.1 Å². The first kappa shape index (κ1) is 13.2. The Morgan fingerprint density at radius 3 is 2.86 bits per heavy atom. The number of carbonyl (C=O) groups excluding carboxylic acids is 1. The number of hydrogen-bond donors (Lipinski definition) is 1. The number of benzene rings is 1. The fourth-order valence-electron chi connectivity index (χ4n) is 2.06. The van der Waals surface area contributed by atoms with Crippen LogP contribution >= 0.6 is 0 Å². The summed E-state index contributed by atoms with van der Waals surface area (Å²) in [5.41, 5.74) is 2.24. The van der Waals surface area contributed by atoms with Crippen molar-refractivity contribution < 1.29 is 4.79 Å². The molecule has 3 rings (SSSR count). The molecular formula is C16H14N4O. The second-order valence-corrected chi connectivity index (χ2v) is 4.59. The number of aromatic nitrogens is 3. The Bertz CT molecular complexity index is 758. The maximum Gasteiger partial charge on any atom is 0.271 e. The average molecular weight is 278 g/mol. The van der Waals surface area contributed by atoms with Crippen LogP contribution in [0.5, 0.6) is 0 Å². The van der Waals surface area contributed by atoms with Gasteiger partial charge in [0.05, 0.1) is 11.7 Å². The first-order valence-electron chi connectivity index (χ1n) is 6.72. The Morgan fingerprint density at radius 2 is 2.00 bits per heavy atom. The maximum atomic E-state index is 11.8. The molecule has 0 spiro atoms. The van der Waals surface area contributed by atoms with E-state index in [1.807, 2.05) is 36.4 Å². The van der Waals surface area contributed by atoms with Crippen molar-refractivity contribution in [2.75, 3.05) is 6.54 Å². The Kier molecular flexibility index (Phi) is 3.82. The van der Waals surface area contributed by atoms with Gasteiger partial charge in [-0.2, -0.15) is 0 Å². The summed E-state index contributed by atoms with van der Waals surface area (Å²) >= 11 is 0. The van der Waals surface area contributed by atoms with Crippen molar-refractivity contribution in [1.29, 1.82) is 0 Å². The lowest BCUT2D eigenvalue weighted by Gasteiger charge is -2.05. The minimum absolute atomic E-state index is 0.219. The van der Waals surface area contributed by atoms with E-state index < -0.39 is 0 Å². The van der Waals surface area contributed by atoms with E-state index in [-0.39, 0.29) is 5.91 Å². The van der Waals surface area contributed by atoms with Crippen LogP contribution in [0.25, 0.3) is 10.9 Å². The highest BCUT2D eigenvalue weighted by Crippen LogP contribution is 2.11. The normalized spacial score (nSPS) is 10.5. The van der Waals surface area contributed by atoms with Gasteiger partial charge in [0.1, 0.15) is 5.69 Å². The molecule has 3 aromatic rings. The van der Waals surface area contributed by atoms with E-state index in [0.29, 0.717) is 18.7 Å². The van der Waals surface area contributed by atoms with E-state index in [1.165, 1.54) is 18.6 Å². The molecule has 1 aromatic carbocycles. The predicted molar refractivity (Wildman–Crippen MR) is 79.8 cm³/mol. The molecule has 0 aliphatic heterocycles. The highest BCUT2D eigenvalue weighted by molar-refractivity contribution is 5.91. The third kappa shape index (κ3) is 3.20. The minimum Gasteiger partial charge on any atom is -0.350 e. The van der Waals surface area contributed by atoms with E-state index in [1.54, 1.807) is 0 Å². The van der Waals surface area contributed by atoms with Gasteiger partial charge in [-0.15, -0.1) is 0 Å². The van der Waals surface area contributed by atoms with Gasteiger partial charge < -0.3 is 5.32 Å². The molecule has 0 radical (unpaired) electrons. The summed E-state index contributed by atoms with van der Waals surface area (Å²) in [5, 5.41) is 3.93. The fraction of sp³-hybridized carbons (Fsp3) is 0.125. The molecule has 1 amide bonds.